The van der Waals surface area contributed by atoms with Gasteiger partial charge >= 0.3 is 0 Å². The first kappa shape index (κ1) is 12.8. The number of benzene rings is 2. The molecular formula is C15H13N3O. The molecule has 0 heterocycles. The van der Waals surface area contributed by atoms with E-state index in [1.165, 1.54) is 0 Å². The van der Waals surface area contributed by atoms with Gasteiger partial charge in [-0.2, -0.15) is 5.26 Å². The number of amides is 1. The highest BCUT2D eigenvalue weighted by Gasteiger charge is 2.08. The van der Waals surface area contributed by atoms with Crippen LogP contribution in [0.15, 0.2) is 48.5 Å². The third kappa shape index (κ3) is 2.97. The number of nitriles is 1. The second-order valence-electron chi connectivity index (χ2n) is 4.00. The highest BCUT2D eigenvalue weighted by atomic mass is 16.1. The molecule has 0 aliphatic carbocycles. The molecule has 0 saturated heterocycles. The van der Waals surface area contributed by atoms with Crippen LogP contribution in [0.25, 0.3) is 0 Å². The highest BCUT2D eigenvalue weighted by Crippen LogP contribution is 2.15. The van der Waals surface area contributed by atoms with Crippen LogP contribution in [0.1, 0.15) is 21.5 Å². The van der Waals surface area contributed by atoms with Crippen LogP contribution in [-0.2, 0) is 6.54 Å². The Kier molecular flexibility index (Phi) is 3.91. The quantitative estimate of drug-likeness (QED) is 0.878. The summed E-state index contributed by atoms with van der Waals surface area (Å²) < 4.78 is 0. The summed E-state index contributed by atoms with van der Waals surface area (Å²) in [5, 5.41) is 11.5. The second-order valence-corrected chi connectivity index (χ2v) is 4.00. The minimum absolute atomic E-state index is 0.217. The average molecular weight is 251 g/mol. The maximum Gasteiger partial charge on any atom is 0.255 e. The molecule has 2 aromatic carbocycles. The van der Waals surface area contributed by atoms with E-state index in [9.17, 15) is 4.79 Å². The molecule has 1 amide bonds. The molecule has 2 aromatic rings. The number of carbonyl (C=O) groups excluding carboxylic acids is 1. The van der Waals surface area contributed by atoms with Gasteiger partial charge in [-0.1, -0.05) is 18.2 Å². The monoisotopic (exact) mass is 251 g/mol. The molecule has 4 nitrogen and oxygen atoms in total. The van der Waals surface area contributed by atoms with Crippen molar-refractivity contribution in [3.05, 3.63) is 65.2 Å². The lowest BCUT2D eigenvalue weighted by molar-refractivity contribution is 0.102. The lowest BCUT2D eigenvalue weighted by Gasteiger charge is -2.09. The number of hydrogen-bond donors (Lipinski definition) is 2. The van der Waals surface area contributed by atoms with Gasteiger partial charge in [0, 0.05) is 17.8 Å². The van der Waals surface area contributed by atoms with E-state index in [-0.39, 0.29) is 5.91 Å². The molecule has 0 aliphatic rings. The van der Waals surface area contributed by atoms with Gasteiger partial charge in [-0.15, -0.1) is 0 Å². The molecular weight excluding hydrogens is 238 g/mol. The van der Waals surface area contributed by atoms with E-state index in [0.717, 1.165) is 5.56 Å². The SMILES string of the molecule is N#Cc1ccc(C(=O)Nc2ccccc2CN)cc1. The van der Waals surface area contributed by atoms with Gasteiger partial charge < -0.3 is 11.1 Å². The van der Waals surface area contributed by atoms with Crippen molar-refractivity contribution in [1.82, 2.24) is 0 Å². The highest BCUT2D eigenvalue weighted by molar-refractivity contribution is 6.04. The van der Waals surface area contributed by atoms with Crippen molar-refractivity contribution in [1.29, 1.82) is 5.26 Å². The largest absolute Gasteiger partial charge is 0.326 e. The Morgan fingerprint density at radius 1 is 1.16 bits per heavy atom. The third-order valence-corrected chi connectivity index (χ3v) is 2.76. The van der Waals surface area contributed by atoms with E-state index in [1.54, 1.807) is 24.3 Å². The number of para-hydroxylation sites is 1. The summed E-state index contributed by atoms with van der Waals surface area (Å²) in [5.74, 6) is -0.217. The standard InChI is InChI=1S/C15H13N3O/c16-9-11-5-7-12(8-6-11)15(19)18-14-4-2-1-3-13(14)10-17/h1-8H,10,17H2,(H,18,19). The van der Waals surface area contributed by atoms with E-state index < -0.39 is 0 Å². The molecule has 0 aromatic heterocycles. The van der Waals surface area contributed by atoms with E-state index in [0.29, 0.717) is 23.4 Å². The predicted molar refractivity (Wildman–Crippen MR) is 73.4 cm³/mol. The molecule has 3 N–H and O–H groups in total. The first-order chi connectivity index (χ1) is 9.24. The number of rotatable bonds is 3. The molecule has 0 fully saturated rings. The number of nitrogens with two attached hydrogens (primary N) is 1. The summed E-state index contributed by atoms with van der Waals surface area (Å²) in [4.78, 5) is 12.0. The maximum absolute atomic E-state index is 12.0. The van der Waals surface area contributed by atoms with Crippen LogP contribution >= 0.6 is 0 Å². The molecule has 0 unspecified atom stereocenters. The molecule has 0 radical (unpaired) electrons. The molecule has 2 rings (SSSR count). The first-order valence-corrected chi connectivity index (χ1v) is 5.84. The lowest BCUT2D eigenvalue weighted by atomic mass is 10.1. The molecule has 0 atom stereocenters. The van der Waals surface area contributed by atoms with Crippen LogP contribution < -0.4 is 11.1 Å². The maximum atomic E-state index is 12.0. The van der Waals surface area contributed by atoms with Crippen LogP contribution in [0, 0.1) is 11.3 Å². The topological polar surface area (TPSA) is 78.9 Å². The van der Waals surface area contributed by atoms with Crippen molar-refractivity contribution >= 4 is 11.6 Å². The van der Waals surface area contributed by atoms with Gasteiger partial charge in [0.2, 0.25) is 0 Å². The van der Waals surface area contributed by atoms with Crippen LogP contribution in [0.5, 0.6) is 0 Å². The molecule has 0 bridgehead atoms. The Balaban J connectivity index is 2.18. The molecule has 4 heteroatoms. The summed E-state index contributed by atoms with van der Waals surface area (Å²) in [6.07, 6.45) is 0. The normalized spacial score (nSPS) is 9.68. The molecule has 0 aliphatic heterocycles. The Labute approximate surface area is 111 Å². The predicted octanol–water partition coefficient (Wildman–Crippen LogP) is 2.27. The minimum Gasteiger partial charge on any atom is -0.326 e. The summed E-state index contributed by atoms with van der Waals surface area (Å²) >= 11 is 0. The van der Waals surface area contributed by atoms with Gasteiger partial charge in [0.25, 0.3) is 5.91 Å². The smallest absolute Gasteiger partial charge is 0.255 e. The van der Waals surface area contributed by atoms with Gasteiger partial charge in [-0.25, -0.2) is 0 Å². The number of nitrogens with zero attached hydrogens (tertiary/aromatic N) is 1. The molecule has 0 saturated carbocycles. The Hall–Kier alpha value is -2.64. The van der Waals surface area contributed by atoms with Crippen molar-refractivity contribution in [3.8, 4) is 6.07 Å². The van der Waals surface area contributed by atoms with Crippen molar-refractivity contribution in [2.75, 3.05) is 5.32 Å². The Morgan fingerprint density at radius 2 is 1.84 bits per heavy atom. The van der Waals surface area contributed by atoms with Gasteiger partial charge in [0.1, 0.15) is 0 Å². The van der Waals surface area contributed by atoms with Gasteiger partial charge in [0.05, 0.1) is 11.6 Å². The number of carbonyl (C=O) groups is 1. The van der Waals surface area contributed by atoms with Crippen LogP contribution in [0.3, 0.4) is 0 Å². The summed E-state index contributed by atoms with van der Waals surface area (Å²) in [5.41, 5.74) is 8.23. The number of hydrogen-bond acceptors (Lipinski definition) is 3. The lowest BCUT2D eigenvalue weighted by Crippen LogP contribution is -2.14. The zero-order valence-corrected chi connectivity index (χ0v) is 10.3. The van der Waals surface area contributed by atoms with Crippen molar-refractivity contribution in [2.24, 2.45) is 5.73 Å². The fourth-order valence-electron chi connectivity index (χ4n) is 1.71. The van der Waals surface area contributed by atoms with Crippen molar-refractivity contribution < 1.29 is 4.79 Å². The van der Waals surface area contributed by atoms with Crippen LogP contribution in [0.4, 0.5) is 5.69 Å². The second kappa shape index (κ2) is 5.80. The van der Waals surface area contributed by atoms with Crippen molar-refractivity contribution in [3.63, 3.8) is 0 Å². The van der Waals surface area contributed by atoms with E-state index >= 15 is 0 Å². The summed E-state index contributed by atoms with van der Waals surface area (Å²) in [6.45, 7) is 0.365. The van der Waals surface area contributed by atoms with E-state index in [1.807, 2.05) is 30.3 Å². The van der Waals surface area contributed by atoms with Crippen LogP contribution in [0.2, 0.25) is 0 Å². The molecule has 94 valence electrons. The van der Waals surface area contributed by atoms with Gasteiger partial charge in [-0.05, 0) is 35.9 Å². The first-order valence-electron chi connectivity index (χ1n) is 5.84. The summed E-state index contributed by atoms with van der Waals surface area (Å²) in [7, 11) is 0. The fraction of sp³-hybridized carbons (Fsp3) is 0.0667. The third-order valence-electron chi connectivity index (χ3n) is 2.76. The van der Waals surface area contributed by atoms with E-state index in [2.05, 4.69) is 5.32 Å². The number of nitrogens with one attached hydrogen (secondary N) is 1. The zero-order chi connectivity index (χ0) is 13.7. The fourth-order valence-corrected chi connectivity index (χ4v) is 1.71. The van der Waals surface area contributed by atoms with Crippen molar-refractivity contribution in [2.45, 2.75) is 6.54 Å². The van der Waals surface area contributed by atoms with Crippen LogP contribution in [-0.4, -0.2) is 5.91 Å². The van der Waals surface area contributed by atoms with Gasteiger partial charge in [0.15, 0.2) is 0 Å². The molecule has 19 heavy (non-hydrogen) atoms. The summed E-state index contributed by atoms with van der Waals surface area (Å²) in [6, 6.07) is 15.9. The number of anilines is 1. The zero-order valence-electron chi connectivity index (χ0n) is 10.3. The van der Waals surface area contributed by atoms with Gasteiger partial charge in [-0.3, -0.25) is 4.79 Å². The van der Waals surface area contributed by atoms with E-state index in [4.69, 9.17) is 11.0 Å². The Morgan fingerprint density at radius 3 is 2.47 bits per heavy atom. The molecule has 0 spiro atoms. The average Bonchev–Trinajstić information content (AvgIpc) is 2.48. The Bertz CT molecular complexity index is 627. The minimum atomic E-state index is -0.217.